The van der Waals surface area contributed by atoms with Gasteiger partial charge in [0.2, 0.25) is 6.79 Å². The molecule has 3 aliphatic rings. The maximum Gasteiger partial charge on any atom is 0.387 e. The SMILES string of the molecule is CCNC(=NCc1cc2c(cc1OC(F)F)OCO2)NCC1CN2CCCC2CO1. The van der Waals surface area contributed by atoms with Crippen molar-refractivity contribution < 1.29 is 27.7 Å². The second-order valence-electron chi connectivity index (χ2n) is 7.51. The van der Waals surface area contributed by atoms with Gasteiger partial charge in [0.15, 0.2) is 17.5 Å². The molecule has 0 spiro atoms. The summed E-state index contributed by atoms with van der Waals surface area (Å²) in [5.74, 6) is 1.50. The van der Waals surface area contributed by atoms with Crippen molar-refractivity contribution >= 4 is 5.96 Å². The largest absolute Gasteiger partial charge is 0.454 e. The van der Waals surface area contributed by atoms with Crippen LogP contribution in [0.15, 0.2) is 17.1 Å². The average Bonchev–Trinajstić information content (AvgIpc) is 3.37. The molecule has 2 fully saturated rings. The van der Waals surface area contributed by atoms with E-state index >= 15 is 0 Å². The second-order valence-corrected chi connectivity index (χ2v) is 7.51. The number of aliphatic imine (C=N–C) groups is 1. The summed E-state index contributed by atoms with van der Waals surface area (Å²) in [5, 5.41) is 6.47. The normalized spacial score (nSPS) is 23.5. The van der Waals surface area contributed by atoms with Gasteiger partial charge in [0.1, 0.15) is 5.75 Å². The zero-order chi connectivity index (χ0) is 20.9. The maximum atomic E-state index is 12.8. The van der Waals surface area contributed by atoms with Gasteiger partial charge >= 0.3 is 6.61 Å². The number of morpholine rings is 1. The number of rotatable bonds is 7. The molecule has 0 saturated carbocycles. The highest BCUT2D eigenvalue weighted by atomic mass is 19.3. The van der Waals surface area contributed by atoms with Crippen molar-refractivity contribution in [2.24, 2.45) is 4.99 Å². The van der Waals surface area contributed by atoms with Gasteiger partial charge in [-0.2, -0.15) is 8.78 Å². The van der Waals surface area contributed by atoms with Gasteiger partial charge in [0.25, 0.3) is 0 Å². The molecule has 1 aromatic carbocycles. The van der Waals surface area contributed by atoms with Crippen molar-refractivity contribution in [3.63, 3.8) is 0 Å². The molecule has 8 nitrogen and oxygen atoms in total. The first kappa shape index (κ1) is 20.9. The van der Waals surface area contributed by atoms with E-state index in [2.05, 4.69) is 25.3 Å². The van der Waals surface area contributed by atoms with Gasteiger partial charge in [-0.1, -0.05) is 0 Å². The van der Waals surface area contributed by atoms with E-state index < -0.39 is 6.61 Å². The monoisotopic (exact) mass is 426 g/mol. The molecular weight excluding hydrogens is 398 g/mol. The number of nitrogens with one attached hydrogen (secondary N) is 2. The van der Waals surface area contributed by atoms with Gasteiger partial charge < -0.3 is 29.6 Å². The minimum Gasteiger partial charge on any atom is -0.454 e. The minimum absolute atomic E-state index is 0.0320. The molecule has 166 valence electrons. The van der Waals surface area contributed by atoms with Crippen LogP contribution in [-0.4, -0.2) is 69.2 Å². The lowest BCUT2D eigenvalue weighted by atomic mass is 10.1. The third kappa shape index (κ3) is 5.04. The predicted octanol–water partition coefficient (Wildman–Crippen LogP) is 1.93. The molecular formula is C20H28F2N4O4. The minimum atomic E-state index is -2.93. The van der Waals surface area contributed by atoms with E-state index in [1.165, 1.54) is 18.9 Å². The first-order valence-corrected chi connectivity index (χ1v) is 10.4. The van der Waals surface area contributed by atoms with Gasteiger partial charge in [0, 0.05) is 37.3 Å². The molecule has 1 aromatic rings. The molecule has 4 rings (SSSR count). The van der Waals surface area contributed by atoms with Gasteiger partial charge in [0.05, 0.1) is 19.3 Å². The van der Waals surface area contributed by atoms with Crippen molar-refractivity contribution in [1.82, 2.24) is 15.5 Å². The van der Waals surface area contributed by atoms with Crippen molar-refractivity contribution in [3.8, 4) is 17.2 Å². The number of halogens is 2. The van der Waals surface area contributed by atoms with E-state index in [0.717, 1.165) is 19.7 Å². The summed E-state index contributed by atoms with van der Waals surface area (Å²) in [7, 11) is 0. The van der Waals surface area contributed by atoms with Gasteiger partial charge in [-0.25, -0.2) is 4.99 Å². The molecule has 30 heavy (non-hydrogen) atoms. The van der Waals surface area contributed by atoms with E-state index in [0.29, 0.717) is 42.2 Å². The molecule has 0 aromatic heterocycles. The van der Waals surface area contributed by atoms with Crippen LogP contribution in [0.1, 0.15) is 25.3 Å². The number of benzene rings is 1. The molecule has 2 unspecified atom stereocenters. The Bertz CT molecular complexity index is 765. The van der Waals surface area contributed by atoms with Crippen LogP contribution in [0.4, 0.5) is 8.78 Å². The highest BCUT2D eigenvalue weighted by molar-refractivity contribution is 5.79. The first-order valence-electron chi connectivity index (χ1n) is 10.4. The Morgan fingerprint density at radius 2 is 2.13 bits per heavy atom. The smallest absolute Gasteiger partial charge is 0.387 e. The number of nitrogens with zero attached hydrogens (tertiary/aromatic N) is 2. The summed E-state index contributed by atoms with van der Waals surface area (Å²) in [5.41, 5.74) is 0.491. The molecule has 0 amide bonds. The summed E-state index contributed by atoms with van der Waals surface area (Å²) in [6.07, 6.45) is 2.53. The Hall–Kier alpha value is -2.33. The molecule has 0 radical (unpaired) electrons. The molecule has 2 saturated heterocycles. The first-order chi connectivity index (χ1) is 14.6. The van der Waals surface area contributed by atoms with Gasteiger partial charge in [-0.15, -0.1) is 0 Å². The Morgan fingerprint density at radius 1 is 1.30 bits per heavy atom. The van der Waals surface area contributed by atoms with E-state index in [1.54, 1.807) is 6.07 Å². The number of hydrogen-bond donors (Lipinski definition) is 2. The van der Waals surface area contributed by atoms with Crippen LogP contribution >= 0.6 is 0 Å². The Balaban J connectivity index is 1.40. The Morgan fingerprint density at radius 3 is 2.93 bits per heavy atom. The number of alkyl halides is 2. The summed E-state index contributed by atoms with van der Waals surface area (Å²) in [4.78, 5) is 7.02. The van der Waals surface area contributed by atoms with Gasteiger partial charge in [-0.05, 0) is 32.4 Å². The predicted molar refractivity (Wildman–Crippen MR) is 106 cm³/mol. The van der Waals surface area contributed by atoms with Crippen LogP contribution < -0.4 is 24.8 Å². The van der Waals surface area contributed by atoms with Crippen LogP contribution in [-0.2, 0) is 11.3 Å². The molecule has 10 heteroatoms. The fourth-order valence-corrected chi connectivity index (χ4v) is 4.02. The van der Waals surface area contributed by atoms with E-state index in [9.17, 15) is 8.78 Å². The fraction of sp³-hybridized carbons (Fsp3) is 0.650. The van der Waals surface area contributed by atoms with Crippen molar-refractivity contribution in [1.29, 1.82) is 0 Å². The fourth-order valence-electron chi connectivity index (χ4n) is 4.02. The molecule has 2 atom stereocenters. The zero-order valence-corrected chi connectivity index (χ0v) is 17.0. The summed E-state index contributed by atoms with van der Waals surface area (Å²) >= 11 is 0. The third-order valence-electron chi connectivity index (χ3n) is 5.48. The van der Waals surface area contributed by atoms with Gasteiger partial charge in [-0.3, -0.25) is 4.90 Å². The number of fused-ring (bicyclic) bond motifs is 2. The van der Waals surface area contributed by atoms with Crippen LogP contribution in [0.2, 0.25) is 0 Å². The van der Waals surface area contributed by atoms with E-state index in [1.807, 2.05) is 6.92 Å². The van der Waals surface area contributed by atoms with Crippen LogP contribution in [0.3, 0.4) is 0 Å². The quantitative estimate of drug-likeness (QED) is 0.510. The molecule has 3 heterocycles. The lowest BCUT2D eigenvalue weighted by Crippen LogP contribution is -2.51. The number of ether oxygens (including phenoxy) is 4. The van der Waals surface area contributed by atoms with E-state index in [-0.39, 0.29) is 25.2 Å². The number of hydrogen-bond acceptors (Lipinski definition) is 6. The topological polar surface area (TPSA) is 76.6 Å². The molecule has 0 aliphatic carbocycles. The lowest BCUT2D eigenvalue weighted by molar-refractivity contribution is -0.0505. The molecule has 3 aliphatic heterocycles. The molecule has 2 N–H and O–H groups in total. The third-order valence-corrected chi connectivity index (χ3v) is 5.48. The average molecular weight is 426 g/mol. The highest BCUT2D eigenvalue weighted by Crippen LogP contribution is 2.39. The zero-order valence-electron chi connectivity index (χ0n) is 17.0. The second kappa shape index (κ2) is 9.65. The Labute approximate surface area is 174 Å². The standard InChI is InChI=1S/C20H28F2N4O4/c1-2-23-20(25-9-15-10-26-5-3-4-14(26)11-27-15)24-8-13-6-17-18(29-12-28-17)7-16(13)30-19(21)22/h6-7,14-15,19H,2-5,8-12H2,1H3,(H2,23,24,25). The van der Waals surface area contributed by atoms with E-state index in [4.69, 9.17) is 14.2 Å². The molecule has 0 bridgehead atoms. The maximum absolute atomic E-state index is 12.8. The van der Waals surface area contributed by atoms with Crippen LogP contribution in [0.25, 0.3) is 0 Å². The highest BCUT2D eigenvalue weighted by Gasteiger charge is 2.32. The lowest BCUT2D eigenvalue weighted by Gasteiger charge is -2.35. The number of guanidine groups is 1. The van der Waals surface area contributed by atoms with Crippen molar-refractivity contribution in [2.45, 2.75) is 45.1 Å². The van der Waals surface area contributed by atoms with Crippen LogP contribution in [0, 0.1) is 0 Å². The van der Waals surface area contributed by atoms with Crippen molar-refractivity contribution in [2.75, 3.05) is 39.6 Å². The van der Waals surface area contributed by atoms with Crippen LogP contribution in [0.5, 0.6) is 17.2 Å². The summed E-state index contributed by atoms with van der Waals surface area (Å²) in [6, 6.07) is 3.61. The summed E-state index contributed by atoms with van der Waals surface area (Å²) < 4.78 is 46.9. The van der Waals surface area contributed by atoms with Crippen molar-refractivity contribution in [3.05, 3.63) is 17.7 Å². The Kier molecular flexibility index (Phi) is 6.73. The summed E-state index contributed by atoms with van der Waals surface area (Å²) in [6.45, 7) is 3.34.